The number of nitrogen functional groups attached to an aromatic ring is 1. The van der Waals surface area contributed by atoms with Gasteiger partial charge in [0, 0.05) is 13.3 Å². The lowest BCUT2D eigenvalue weighted by Gasteiger charge is -2.12. The molecular weight excluding hydrogens is 226 g/mol. The molecule has 0 radical (unpaired) electrons. The van der Waals surface area contributed by atoms with Gasteiger partial charge in [0.2, 0.25) is 5.88 Å². The number of hydrogen-bond donors (Lipinski definition) is 3. The van der Waals surface area contributed by atoms with Crippen molar-refractivity contribution in [1.29, 1.82) is 5.41 Å². The van der Waals surface area contributed by atoms with Gasteiger partial charge in [-0.15, -0.1) is 0 Å². The Hall–Kier alpha value is -2.02. The van der Waals surface area contributed by atoms with Crippen molar-refractivity contribution in [3.05, 3.63) is 17.3 Å². The Balaban J connectivity index is 3.40. The summed E-state index contributed by atoms with van der Waals surface area (Å²) in [7, 11) is 2.66. The van der Waals surface area contributed by atoms with Gasteiger partial charge < -0.3 is 20.3 Å². The van der Waals surface area contributed by atoms with E-state index in [0.717, 1.165) is 0 Å². The molecule has 94 valence electrons. The molecular formula is C10H15N3O4. The summed E-state index contributed by atoms with van der Waals surface area (Å²) in [6.45, 7) is 1.67. The van der Waals surface area contributed by atoms with Crippen LogP contribution in [0.15, 0.2) is 6.20 Å². The Labute approximate surface area is 98.2 Å². The highest BCUT2D eigenvalue weighted by atomic mass is 16.5. The second kappa shape index (κ2) is 4.88. The van der Waals surface area contributed by atoms with Crippen LogP contribution in [0.3, 0.4) is 0 Å². The van der Waals surface area contributed by atoms with E-state index < -0.39 is 18.0 Å². The maximum atomic E-state index is 11.5. The minimum absolute atomic E-state index is 0.0291. The summed E-state index contributed by atoms with van der Waals surface area (Å²) < 4.78 is 10.9. The molecule has 0 aliphatic carbocycles. The molecule has 0 aromatic carbocycles. The van der Waals surface area contributed by atoms with Crippen LogP contribution in [0.2, 0.25) is 0 Å². The average Bonchev–Trinajstić information content (AvgIpc) is 2.65. The fourth-order valence-electron chi connectivity index (χ4n) is 1.44. The molecule has 0 fully saturated rings. The molecule has 0 aliphatic rings. The van der Waals surface area contributed by atoms with Crippen LogP contribution in [0.25, 0.3) is 0 Å². The molecule has 1 aromatic heterocycles. The SMILES string of the molecule is COC(=O)c1cn(C(C)OC)c(O)c1C(=N)N. The zero-order valence-electron chi connectivity index (χ0n) is 9.85. The number of carbonyl (C=O) groups excluding carboxylic acids is 1. The zero-order valence-corrected chi connectivity index (χ0v) is 9.85. The first kappa shape index (κ1) is 13.0. The Bertz CT molecular complexity index is 453. The minimum atomic E-state index is -0.674. The topological polar surface area (TPSA) is 111 Å². The van der Waals surface area contributed by atoms with Crippen LogP contribution in [-0.2, 0) is 9.47 Å². The highest BCUT2D eigenvalue weighted by Gasteiger charge is 2.25. The van der Waals surface area contributed by atoms with E-state index in [1.807, 2.05) is 0 Å². The van der Waals surface area contributed by atoms with Crippen LogP contribution < -0.4 is 5.73 Å². The van der Waals surface area contributed by atoms with Gasteiger partial charge in [-0.3, -0.25) is 9.98 Å². The van der Waals surface area contributed by atoms with Crippen LogP contribution in [0.1, 0.15) is 29.1 Å². The molecule has 0 saturated carbocycles. The van der Waals surface area contributed by atoms with Gasteiger partial charge in [0.15, 0.2) is 0 Å². The van der Waals surface area contributed by atoms with Gasteiger partial charge in [-0.05, 0) is 6.92 Å². The van der Waals surface area contributed by atoms with Crippen molar-refractivity contribution < 1.29 is 19.4 Å². The van der Waals surface area contributed by atoms with Crippen molar-refractivity contribution in [3.8, 4) is 5.88 Å². The third-order valence-electron chi connectivity index (χ3n) is 2.41. The summed E-state index contributed by atoms with van der Waals surface area (Å²) in [6.07, 6.45) is 0.845. The van der Waals surface area contributed by atoms with E-state index in [1.54, 1.807) is 6.92 Å². The molecule has 1 unspecified atom stereocenters. The number of aromatic hydroxyl groups is 1. The van der Waals surface area contributed by atoms with E-state index in [2.05, 4.69) is 4.74 Å². The first-order chi connectivity index (χ1) is 7.93. The monoisotopic (exact) mass is 241 g/mol. The van der Waals surface area contributed by atoms with Crippen molar-refractivity contribution in [3.63, 3.8) is 0 Å². The number of rotatable bonds is 4. The highest BCUT2D eigenvalue weighted by Crippen LogP contribution is 2.27. The maximum absolute atomic E-state index is 11.5. The highest BCUT2D eigenvalue weighted by molar-refractivity contribution is 6.07. The van der Waals surface area contributed by atoms with E-state index in [9.17, 15) is 9.90 Å². The average molecular weight is 241 g/mol. The molecule has 0 saturated heterocycles. The van der Waals surface area contributed by atoms with Gasteiger partial charge >= 0.3 is 5.97 Å². The molecule has 0 amide bonds. The van der Waals surface area contributed by atoms with E-state index in [-0.39, 0.29) is 17.0 Å². The van der Waals surface area contributed by atoms with Gasteiger partial charge in [-0.2, -0.15) is 0 Å². The maximum Gasteiger partial charge on any atom is 0.340 e. The van der Waals surface area contributed by atoms with Crippen LogP contribution in [0.4, 0.5) is 0 Å². The Kier molecular flexibility index (Phi) is 3.74. The quantitative estimate of drug-likeness (QED) is 0.402. The molecule has 0 aliphatic heterocycles. The number of esters is 1. The normalized spacial score (nSPS) is 12.2. The molecule has 7 heteroatoms. The van der Waals surface area contributed by atoms with E-state index in [4.69, 9.17) is 15.9 Å². The molecule has 0 bridgehead atoms. The van der Waals surface area contributed by atoms with Gasteiger partial charge in [0.1, 0.15) is 12.1 Å². The molecule has 1 heterocycles. The second-order valence-electron chi connectivity index (χ2n) is 3.39. The summed E-state index contributed by atoms with van der Waals surface area (Å²) in [5.41, 5.74) is 5.30. The Morgan fingerprint density at radius 1 is 1.59 bits per heavy atom. The number of nitrogens with two attached hydrogens (primary N) is 1. The van der Waals surface area contributed by atoms with Crippen LogP contribution in [0, 0.1) is 5.41 Å². The van der Waals surface area contributed by atoms with Crippen molar-refractivity contribution in [1.82, 2.24) is 4.57 Å². The lowest BCUT2D eigenvalue weighted by atomic mass is 10.2. The number of hydrogen-bond acceptors (Lipinski definition) is 5. The standard InChI is InChI=1S/C10H15N3O4/c1-5(16-2)13-4-6(10(15)17-3)7(8(11)12)9(13)14/h4-5,14H,1-3H3,(H3,11,12). The summed E-state index contributed by atoms with van der Waals surface area (Å²) in [4.78, 5) is 11.5. The molecule has 1 rings (SSSR count). The third kappa shape index (κ3) is 2.23. The lowest BCUT2D eigenvalue weighted by molar-refractivity contribution is 0.0540. The number of ether oxygens (including phenoxy) is 2. The molecule has 17 heavy (non-hydrogen) atoms. The number of nitrogens with one attached hydrogen (secondary N) is 1. The summed E-state index contributed by atoms with van der Waals surface area (Å²) >= 11 is 0. The van der Waals surface area contributed by atoms with E-state index in [0.29, 0.717) is 0 Å². The predicted octanol–water partition coefficient (Wildman–Crippen LogP) is 0.429. The summed E-state index contributed by atoms with van der Waals surface area (Å²) in [6, 6.07) is 0. The number of amidine groups is 1. The smallest absolute Gasteiger partial charge is 0.340 e. The molecule has 4 N–H and O–H groups in total. The lowest BCUT2D eigenvalue weighted by Crippen LogP contribution is -2.15. The predicted molar refractivity (Wildman–Crippen MR) is 60.2 cm³/mol. The molecule has 1 aromatic rings. The number of methoxy groups -OCH3 is 2. The van der Waals surface area contributed by atoms with E-state index >= 15 is 0 Å². The molecule has 1 atom stereocenters. The number of nitrogens with zero attached hydrogens (tertiary/aromatic N) is 1. The number of carbonyl (C=O) groups is 1. The molecule has 7 nitrogen and oxygen atoms in total. The van der Waals surface area contributed by atoms with Crippen molar-refractivity contribution in [2.75, 3.05) is 14.2 Å². The Morgan fingerprint density at radius 3 is 2.59 bits per heavy atom. The summed E-state index contributed by atoms with van der Waals surface area (Å²) in [5, 5.41) is 17.2. The van der Waals surface area contributed by atoms with Crippen molar-refractivity contribution in [2.24, 2.45) is 5.73 Å². The minimum Gasteiger partial charge on any atom is -0.494 e. The van der Waals surface area contributed by atoms with Crippen LogP contribution in [0.5, 0.6) is 5.88 Å². The van der Waals surface area contributed by atoms with Gasteiger partial charge in [-0.1, -0.05) is 0 Å². The fraction of sp³-hybridized carbons (Fsp3) is 0.400. The molecule has 0 spiro atoms. The van der Waals surface area contributed by atoms with Crippen molar-refractivity contribution >= 4 is 11.8 Å². The van der Waals surface area contributed by atoms with Crippen LogP contribution in [-0.4, -0.2) is 35.7 Å². The summed E-state index contributed by atoms with van der Waals surface area (Å²) in [5.74, 6) is -1.38. The van der Waals surface area contributed by atoms with Gasteiger partial charge in [0.05, 0.1) is 18.2 Å². The largest absolute Gasteiger partial charge is 0.494 e. The van der Waals surface area contributed by atoms with Crippen LogP contribution >= 0.6 is 0 Å². The van der Waals surface area contributed by atoms with Gasteiger partial charge in [0.25, 0.3) is 0 Å². The second-order valence-corrected chi connectivity index (χ2v) is 3.39. The zero-order chi connectivity index (χ0) is 13.2. The Morgan fingerprint density at radius 2 is 2.18 bits per heavy atom. The first-order valence-electron chi connectivity index (χ1n) is 4.83. The first-order valence-corrected chi connectivity index (χ1v) is 4.83. The van der Waals surface area contributed by atoms with Gasteiger partial charge in [-0.25, -0.2) is 4.79 Å². The van der Waals surface area contributed by atoms with Crippen molar-refractivity contribution in [2.45, 2.75) is 13.2 Å². The third-order valence-corrected chi connectivity index (χ3v) is 2.41. The van der Waals surface area contributed by atoms with E-state index in [1.165, 1.54) is 25.0 Å². The number of aromatic nitrogens is 1. The fourth-order valence-corrected chi connectivity index (χ4v) is 1.44.